The minimum atomic E-state index is -0.932. The smallest absolute Gasteiger partial charge is 0.310 e. The normalized spacial score (nSPS) is 13.4. The molecule has 0 aliphatic heterocycles. The Morgan fingerprint density at radius 3 is 1.92 bits per heavy atom. The Balaban J connectivity index is 2.74. The number of benzene rings is 1. The van der Waals surface area contributed by atoms with Crippen LogP contribution in [0.3, 0.4) is 0 Å². The summed E-state index contributed by atoms with van der Waals surface area (Å²) in [7, 11) is 0. The summed E-state index contributed by atoms with van der Waals surface area (Å²) in [4.78, 5) is 22.7. The quantitative estimate of drug-likeness (QED) is 0.499. The van der Waals surface area contributed by atoms with E-state index in [4.69, 9.17) is 0 Å². The minimum absolute atomic E-state index is 0.603. The molecule has 4 nitrogen and oxygen atoms in total. The molecule has 0 spiro atoms. The molecule has 2 atom stereocenters. The van der Waals surface area contributed by atoms with Crippen LogP contribution < -0.4 is 0 Å². The molecule has 0 aliphatic carbocycles. The lowest BCUT2D eigenvalue weighted by Crippen LogP contribution is -2.15. The van der Waals surface area contributed by atoms with Crippen molar-refractivity contribution in [2.24, 2.45) is 0 Å². The van der Waals surface area contributed by atoms with Crippen molar-refractivity contribution in [3.8, 4) is 0 Å². The van der Waals surface area contributed by atoms with Gasteiger partial charge in [0.2, 0.25) is 0 Å². The molecule has 0 aromatic heterocycles. The van der Waals surface area contributed by atoms with Gasteiger partial charge in [0.15, 0.2) is 0 Å². The lowest BCUT2D eigenvalue weighted by atomic mass is 9.87. The molecule has 0 radical (unpaired) electrons. The summed E-state index contributed by atoms with van der Waals surface area (Å²) in [6.45, 7) is 5.43. The van der Waals surface area contributed by atoms with E-state index in [2.05, 4.69) is 6.92 Å². The highest BCUT2D eigenvalue weighted by atomic mass is 16.4. The topological polar surface area (TPSA) is 74.6 Å². The lowest BCUT2D eigenvalue weighted by Gasteiger charge is -2.18. The van der Waals surface area contributed by atoms with Gasteiger partial charge in [-0.2, -0.15) is 0 Å². The van der Waals surface area contributed by atoms with E-state index in [1.807, 2.05) is 12.1 Å². The second-order valence-corrected chi connectivity index (χ2v) is 6.95. The van der Waals surface area contributed by atoms with E-state index < -0.39 is 23.8 Å². The SMILES string of the molecule is CCCCCCCCCc1ccc(C(C)C(=O)O)c(C(C)C(=O)O)c1. The number of carboxylic acid groups (broad SMARTS) is 2. The number of unbranched alkanes of at least 4 members (excludes halogenated alkanes) is 6. The maximum atomic E-state index is 11.4. The molecule has 1 aromatic rings. The van der Waals surface area contributed by atoms with E-state index in [0.717, 1.165) is 18.4 Å². The van der Waals surface area contributed by atoms with Crippen molar-refractivity contribution in [1.82, 2.24) is 0 Å². The second kappa shape index (κ2) is 10.9. The first-order chi connectivity index (χ1) is 11.9. The average Bonchev–Trinajstić information content (AvgIpc) is 2.59. The molecule has 0 saturated heterocycles. The maximum Gasteiger partial charge on any atom is 0.310 e. The van der Waals surface area contributed by atoms with E-state index in [-0.39, 0.29) is 0 Å². The molecule has 0 bridgehead atoms. The van der Waals surface area contributed by atoms with Crippen LogP contribution in [-0.4, -0.2) is 22.2 Å². The van der Waals surface area contributed by atoms with Crippen LogP contribution in [0.2, 0.25) is 0 Å². The van der Waals surface area contributed by atoms with Crippen molar-refractivity contribution in [2.75, 3.05) is 0 Å². The molecule has 1 aromatic carbocycles. The van der Waals surface area contributed by atoms with Gasteiger partial charge in [0.1, 0.15) is 0 Å². The van der Waals surface area contributed by atoms with Gasteiger partial charge in [-0.15, -0.1) is 0 Å². The maximum absolute atomic E-state index is 11.4. The molecular weight excluding hydrogens is 316 g/mol. The number of aliphatic carboxylic acids is 2. The Morgan fingerprint density at radius 1 is 0.840 bits per heavy atom. The van der Waals surface area contributed by atoms with Crippen molar-refractivity contribution < 1.29 is 19.8 Å². The molecule has 0 heterocycles. The highest BCUT2D eigenvalue weighted by Gasteiger charge is 2.24. The fourth-order valence-corrected chi connectivity index (χ4v) is 3.10. The highest BCUT2D eigenvalue weighted by molar-refractivity contribution is 5.80. The summed E-state index contributed by atoms with van der Waals surface area (Å²) in [5.74, 6) is -3.26. The number of rotatable bonds is 12. The largest absolute Gasteiger partial charge is 0.481 e. The summed E-state index contributed by atoms with van der Waals surface area (Å²) >= 11 is 0. The molecular formula is C21H32O4. The summed E-state index contributed by atoms with van der Waals surface area (Å²) in [5.41, 5.74) is 2.33. The Morgan fingerprint density at radius 2 is 1.36 bits per heavy atom. The third-order valence-electron chi connectivity index (χ3n) is 4.89. The van der Waals surface area contributed by atoms with Crippen molar-refractivity contribution in [3.05, 3.63) is 34.9 Å². The van der Waals surface area contributed by atoms with Gasteiger partial charge in [-0.05, 0) is 43.4 Å². The van der Waals surface area contributed by atoms with Gasteiger partial charge in [-0.1, -0.05) is 63.6 Å². The van der Waals surface area contributed by atoms with Crippen LogP contribution in [0.15, 0.2) is 18.2 Å². The second-order valence-electron chi connectivity index (χ2n) is 6.95. The molecule has 0 fully saturated rings. The van der Waals surface area contributed by atoms with Crippen LogP contribution in [0.4, 0.5) is 0 Å². The van der Waals surface area contributed by atoms with Gasteiger partial charge in [-0.3, -0.25) is 9.59 Å². The van der Waals surface area contributed by atoms with Gasteiger partial charge in [0, 0.05) is 0 Å². The monoisotopic (exact) mass is 348 g/mol. The number of hydrogen-bond donors (Lipinski definition) is 2. The Kier molecular flexibility index (Phi) is 9.25. The van der Waals surface area contributed by atoms with E-state index in [0.29, 0.717) is 11.1 Å². The van der Waals surface area contributed by atoms with Crippen LogP contribution in [0.25, 0.3) is 0 Å². The van der Waals surface area contributed by atoms with E-state index >= 15 is 0 Å². The first-order valence-corrected chi connectivity index (χ1v) is 9.46. The molecule has 0 amide bonds. The number of carboxylic acids is 2. The molecule has 25 heavy (non-hydrogen) atoms. The third-order valence-corrected chi connectivity index (χ3v) is 4.89. The molecule has 2 unspecified atom stereocenters. The zero-order valence-electron chi connectivity index (χ0n) is 15.8. The van der Waals surface area contributed by atoms with Crippen molar-refractivity contribution in [2.45, 2.75) is 84.0 Å². The van der Waals surface area contributed by atoms with Crippen LogP contribution in [0, 0.1) is 0 Å². The van der Waals surface area contributed by atoms with Gasteiger partial charge < -0.3 is 10.2 Å². The summed E-state index contributed by atoms with van der Waals surface area (Å²) < 4.78 is 0. The minimum Gasteiger partial charge on any atom is -0.481 e. The van der Waals surface area contributed by atoms with Crippen LogP contribution in [0.1, 0.15) is 94.2 Å². The van der Waals surface area contributed by atoms with Crippen LogP contribution in [0.5, 0.6) is 0 Å². The van der Waals surface area contributed by atoms with Gasteiger partial charge in [0.05, 0.1) is 11.8 Å². The van der Waals surface area contributed by atoms with Gasteiger partial charge in [-0.25, -0.2) is 0 Å². The van der Waals surface area contributed by atoms with E-state index in [9.17, 15) is 19.8 Å². The summed E-state index contributed by atoms with van der Waals surface area (Å²) in [6, 6.07) is 5.64. The predicted molar refractivity (Wildman–Crippen MR) is 100 cm³/mol. The highest BCUT2D eigenvalue weighted by Crippen LogP contribution is 2.29. The zero-order chi connectivity index (χ0) is 18.8. The summed E-state index contributed by atoms with van der Waals surface area (Å²) in [5, 5.41) is 18.6. The number of carbonyl (C=O) groups is 2. The Bertz CT molecular complexity index is 565. The standard InChI is InChI=1S/C21H32O4/c1-4-5-6-7-8-9-10-11-17-12-13-18(15(2)20(22)23)19(14-17)16(3)21(24)25/h12-16H,4-11H2,1-3H3,(H,22,23)(H,24,25). The Labute approximate surface area is 151 Å². The predicted octanol–water partition coefficient (Wildman–Crippen LogP) is 5.36. The van der Waals surface area contributed by atoms with Crippen LogP contribution >= 0.6 is 0 Å². The zero-order valence-corrected chi connectivity index (χ0v) is 15.8. The first kappa shape index (κ1) is 21.2. The van der Waals surface area contributed by atoms with E-state index in [1.165, 1.54) is 38.5 Å². The fourth-order valence-electron chi connectivity index (χ4n) is 3.10. The molecule has 2 N–H and O–H groups in total. The molecule has 0 aliphatic rings. The molecule has 140 valence electrons. The van der Waals surface area contributed by atoms with Gasteiger partial charge in [0.25, 0.3) is 0 Å². The fraction of sp³-hybridized carbons (Fsp3) is 0.619. The first-order valence-electron chi connectivity index (χ1n) is 9.46. The Hall–Kier alpha value is -1.84. The summed E-state index contributed by atoms with van der Waals surface area (Å²) in [6.07, 6.45) is 9.57. The molecule has 0 saturated carbocycles. The molecule has 4 heteroatoms. The third kappa shape index (κ3) is 6.89. The van der Waals surface area contributed by atoms with Gasteiger partial charge >= 0.3 is 11.9 Å². The number of hydrogen-bond acceptors (Lipinski definition) is 2. The van der Waals surface area contributed by atoms with Crippen LogP contribution in [-0.2, 0) is 16.0 Å². The van der Waals surface area contributed by atoms with Crippen molar-refractivity contribution >= 4 is 11.9 Å². The average molecular weight is 348 g/mol. The van der Waals surface area contributed by atoms with Crippen molar-refractivity contribution in [1.29, 1.82) is 0 Å². The van der Waals surface area contributed by atoms with Crippen molar-refractivity contribution in [3.63, 3.8) is 0 Å². The van der Waals surface area contributed by atoms with E-state index in [1.54, 1.807) is 19.9 Å². The lowest BCUT2D eigenvalue weighted by molar-refractivity contribution is -0.140. The number of aryl methyl sites for hydroxylation is 1. The molecule has 1 rings (SSSR count).